The van der Waals surface area contributed by atoms with Crippen molar-refractivity contribution >= 4 is 34.8 Å². The molecule has 7 heteroatoms. The molecule has 2 N–H and O–H groups in total. The second-order valence-electron chi connectivity index (χ2n) is 5.41. The van der Waals surface area contributed by atoms with E-state index in [-0.39, 0.29) is 11.6 Å². The number of carbonyl (C=O) groups excluding carboxylic acids is 1. The summed E-state index contributed by atoms with van der Waals surface area (Å²) in [6.45, 7) is 1.83. The standard InChI is InChI=1S/C19H17Cl2N3O2/c1-12(13-3-6-16(26-2)7-4-13)24-19(25)14(10-22)11-23-18-9-15(20)5-8-17(18)21/h3-9,11-12,23H,1-2H3,(H,24,25)/b14-11-. The Kier molecular flexibility index (Phi) is 6.90. The van der Waals surface area contributed by atoms with Crippen molar-refractivity contribution in [2.45, 2.75) is 13.0 Å². The lowest BCUT2D eigenvalue weighted by atomic mass is 10.1. The number of anilines is 1. The van der Waals surface area contributed by atoms with Crippen molar-refractivity contribution in [3.05, 3.63) is 69.8 Å². The highest BCUT2D eigenvalue weighted by atomic mass is 35.5. The third-order valence-corrected chi connectivity index (χ3v) is 4.19. The van der Waals surface area contributed by atoms with Crippen molar-refractivity contribution in [1.29, 1.82) is 5.26 Å². The number of rotatable bonds is 6. The van der Waals surface area contributed by atoms with Crippen molar-refractivity contribution in [1.82, 2.24) is 5.32 Å². The highest BCUT2D eigenvalue weighted by Crippen LogP contribution is 2.25. The van der Waals surface area contributed by atoms with Crippen LogP contribution in [0.2, 0.25) is 10.0 Å². The molecule has 2 aromatic rings. The Morgan fingerprint density at radius 3 is 2.54 bits per heavy atom. The minimum atomic E-state index is -0.499. The van der Waals surface area contributed by atoms with Crippen molar-refractivity contribution in [2.75, 3.05) is 12.4 Å². The van der Waals surface area contributed by atoms with E-state index in [1.807, 2.05) is 37.3 Å². The van der Waals surface area contributed by atoms with Gasteiger partial charge in [0, 0.05) is 11.2 Å². The zero-order chi connectivity index (χ0) is 19.1. The van der Waals surface area contributed by atoms with Gasteiger partial charge < -0.3 is 15.4 Å². The fourth-order valence-electron chi connectivity index (χ4n) is 2.16. The van der Waals surface area contributed by atoms with Crippen LogP contribution in [-0.2, 0) is 4.79 Å². The maximum atomic E-state index is 12.3. The first-order valence-electron chi connectivity index (χ1n) is 7.71. The van der Waals surface area contributed by atoms with E-state index in [0.717, 1.165) is 11.3 Å². The molecule has 0 bridgehead atoms. The van der Waals surface area contributed by atoms with E-state index in [4.69, 9.17) is 27.9 Å². The van der Waals surface area contributed by atoms with Gasteiger partial charge in [0.2, 0.25) is 0 Å². The van der Waals surface area contributed by atoms with Crippen molar-refractivity contribution < 1.29 is 9.53 Å². The van der Waals surface area contributed by atoms with Gasteiger partial charge in [-0.05, 0) is 42.8 Å². The van der Waals surface area contributed by atoms with Crippen LogP contribution in [-0.4, -0.2) is 13.0 Å². The Labute approximate surface area is 162 Å². The monoisotopic (exact) mass is 389 g/mol. The summed E-state index contributed by atoms with van der Waals surface area (Å²) in [5.74, 6) is 0.231. The number of methoxy groups -OCH3 is 1. The second kappa shape index (κ2) is 9.14. The van der Waals surface area contributed by atoms with E-state index in [0.29, 0.717) is 15.7 Å². The molecule has 0 aliphatic rings. The van der Waals surface area contributed by atoms with Gasteiger partial charge in [0.15, 0.2) is 0 Å². The SMILES string of the molecule is COc1ccc(C(C)NC(=O)/C(C#N)=C\Nc2cc(Cl)ccc2Cl)cc1. The molecular formula is C19H17Cl2N3O2. The van der Waals surface area contributed by atoms with Crippen LogP contribution in [0.15, 0.2) is 54.2 Å². The predicted molar refractivity (Wildman–Crippen MR) is 103 cm³/mol. The minimum Gasteiger partial charge on any atom is -0.497 e. The van der Waals surface area contributed by atoms with Gasteiger partial charge in [-0.2, -0.15) is 5.26 Å². The number of ether oxygens (including phenoxy) is 1. The maximum Gasteiger partial charge on any atom is 0.263 e. The molecule has 0 heterocycles. The van der Waals surface area contributed by atoms with Gasteiger partial charge in [0.1, 0.15) is 17.4 Å². The van der Waals surface area contributed by atoms with Crippen LogP contribution in [0.4, 0.5) is 5.69 Å². The fraction of sp³-hybridized carbons (Fsp3) is 0.158. The number of benzene rings is 2. The first kappa shape index (κ1) is 19.6. The average molecular weight is 390 g/mol. The van der Waals surface area contributed by atoms with Crippen LogP contribution in [0, 0.1) is 11.3 Å². The lowest BCUT2D eigenvalue weighted by molar-refractivity contribution is -0.117. The number of carbonyl (C=O) groups is 1. The molecule has 5 nitrogen and oxygen atoms in total. The Hall–Kier alpha value is -2.68. The van der Waals surface area contributed by atoms with Gasteiger partial charge in [0.05, 0.1) is 23.9 Å². The molecule has 134 valence electrons. The first-order valence-corrected chi connectivity index (χ1v) is 8.47. The van der Waals surface area contributed by atoms with E-state index in [1.54, 1.807) is 25.3 Å². The summed E-state index contributed by atoms with van der Waals surface area (Å²) in [7, 11) is 1.59. The number of nitrogens with zero attached hydrogens (tertiary/aromatic N) is 1. The second-order valence-corrected chi connectivity index (χ2v) is 6.25. The summed E-state index contributed by atoms with van der Waals surface area (Å²) >= 11 is 12.0. The molecule has 0 saturated heterocycles. The molecule has 2 aromatic carbocycles. The van der Waals surface area contributed by atoms with Crippen LogP contribution >= 0.6 is 23.2 Å². The van der Waals surface area contributed by atoms with Crippen molar-refractivity contribution in [3.8, 4) is 11.8 Å². The van der Waals surface area contributed by atoms with Crippen molar-refractivity contribution in [2.24, 2.45) is 0 Å². The van der Waals surface area contributed by atoms with E-state index in [1.165, 1.54) is 6.20 Å². The zero-order valence-corrected chi connectivity index (χ0v) is 15.7. The Morgan fingerprint density at radius 2 is 1.92 bits per heavy atom. The largest absolute Gasteiger partial charge is 0.497 e. The Morgan fingerprint density at radius 1 is 1.23 bits per heavy atom. The summed E-state index contributed by atoms with van der Waals surface area (Å²) in [5, 5.41) is 15.8. The molecule has 1 atom stereocenters. The van der Waals surface area contributed by atoms with Gasteiger partial charge in [-0.1, -0.05) is 35.3 Å². The van der Waals surface area contributed by atoms with E-state index >= 15 is 0 Å². The third-order valence-electron chi connectivity index (χ3n) is 3.63. The normalized spacial score (nSPS) is 12.0. The Balaban J connectivity index is 2.07. The number of nitriles is 1. The smallest absolute Gasteiger partial charge is 0.263 e. The lowest BCUT2D eigenvalue weighted by Gasteiger charge is -2.14. The number of nitrogens with one attached hydrogen (secondary N) is 2. The van der Waals surface area contributed by atoms with Crippen LogP contribution in [0.1, 0.15) is 18.5 Å². The number of hydrogen-bond acceptors (Lipinski definition) is 4. The average Bonchev–Trinajstić information content (AvgIpc) is 2.64. The Bertz CT molecular complexity index is 858. The number of halogens is 2. The molecular weight excluding hydrogens is 373 g/mol. The number of hydrogen-bond donors (Lipinski definition) is 2. The van der Waals surface area contributed by atoms with Gasteiger partial charge in [0.25, 0.3) is 5.91 Å². The van der Waals surface area contributed by atoms with Crippen LogP contribution in [0.25, 0.3) is 0 Å². The van der Waals surface area contributed by atoms with E-state index in [9.17, 15) is 10.1 Å². The molecule has 0 aliphatic heterocycles. The van der Waals surface area contributed by atoms with Gasteiger partial charge >= 0.3 is 0 Å². The number of amides is 1. The summed E-state index contributed by atoms with van der Waals surface area (Å²) in [4.78, 5) is 12.3. The molecule has 0 saturated carbocycles. The summed E-state index contributed by atoms with van der Waals surface area (Å²) in [6.07, 6.45) is 1.30. The molecule has 0 spiro atoms. The highest BCUT2D eigenvalue weighted by molar-refractivity contribution is 6.35. The predicted octanol–water partition coefficient (Wildman–Crippen LogP) is 4.70. The molecule has 2 rings (SSSR count). The van der Waals surface area contributed by atoms with E-state index in [2.05, 4.69) is 10.6 Å². The summed E-state index contributed by atoms with van der Waals surface area (Å²) < 4.78 is 5.11. The molecule has 0 radical (unpaired) electrons. The quantitative estimate of drug-likeness (QED) is 0.554. The topological polar surface area (TPSA) is 74.1 Å². The van der Waals surface area contributed by atoms with Crippen LogP contribution < -0.4 is 15.4 Å². The summed E-state index contributed by atoms with van der Waals surface area (Å²) in [6, 6.07) is 13.8. The van der Waals surface area contributed by atoms with Gasteiger partial charge in [-0.3, -0.25) is 4.79 Å². The summed E-state index contributed by atoms with van der Waals surface area (Å²) in [5.41, 5.74) is 1.31. The lowest BCUT2D eigenvalue weighted by Crippen LogP contribution is -2.28. The highest BCUT2D eigenvalue weighted by Gasteiger charge is 2.14. The van der Waals surface area contributed by atoms with Crippen molar-refractivity contribution in [3.63, 3.8) is 0 Å². The molecule has 0 aliphatic carbocycles. The first-order chi connectivity index (χ1) is 12.4. The molecule has 0 aromatic heterocycles. The zero-order valence-electron chi connectivity index (χ0n) is 14.2. The third kappa shape index (κ3) is 5.16. The van der Waals surface area contributed by atoms with Crippen LogP contribution in [0.3, 0.4) is 0 Å². The van der Waals surface area contributed by atoms with Gasteiger partial charge in [-0.25, -0.2) is 0 Å². The van der Waals surface area contributed by atoms with Gasteiger partial charge in [-0.15, -0.1) is 0 Å². The molecule has 1 amide bonds. The fourth-order valence-corrected chi connectivity index (χ4v) is 2.50. The van der Waals surface area contributed by atoms with Crippen LogP contribution in [0.5, 0.6) is 5.75 Å². The molecule has 1 unspecified atom stereocenters. The maximum absolute atomic E-state index is 12.3. The molecule has 0 fully saturated rings. The van der Waals surface area contributed by atoms with E-state index < -0.39 is 5.91 Å². The molecule has 26 heavy (non-hydrogen) atoms. The minimum absolute atomic E-state index is 0.0820.